The maximum atomic E-state index is 13.2. The summed E-state index contributed by atoms with van der Waals surface area (Å²) < 4.78 is 41.3. The van der Waals surface area contributed by atoms with Crippen molar-refractivity contribution in [3.05, 3.63) is 58.4 Å². The summed E-state index contributed by atoms with van der Waals surface area (Å²) in [5, 5.41) is 15.6. The van der Waals surface area contributed by atoms with Crippen molar-refractivity contribution in [3.63, 3.8) is 0 Å². The molecule has 1 aromatic carbocycles. The third-order valence-electron chi connectivity index (χ3n) is 5.69. The standard InChI is InChI=1S/C24H24F3N5OS/c1-4-5-6-10-20-30-32-21(28)19(22(33)29-23(32)34-20)12-16-11-14(2)31(15(16)3)18-9-7-8-17(13-18)24(25,26)27/h7-9,11-13,28H,4-6,10H2,1-3H3/b19-12-,28-21?. The van der Waals surface area contributed by atoms with Crippen molar-refractivity contribution in [1.29, 1.82) is 5.41 Å². The smallest absolute Gasteiger partial charge is 0.318 e. The van der Waals surface area contributed by atoms with Crippen molar-refractivity contribution < 1.29 is 18.0 Å². The Balaban J connectivity index is 1.66. The Morgan fingerprint density at radius 1 is 1.18 bits per heavy atom. The summed E-state index contributed by atoms with van der Waals surface area (Å²) in [5.41, 5.74) is 1.71. The van der Waals surface area contributed by atoms with Crippen molar-refractivity contribution in [2.45, 2.75) is 52.6 Å². The van der Waals surface area contributed by atoms with Crippen LogP contribution in [0.15, 0.2) is 46.0 Å². The molecule has 0 atom stereocenters. The average Bonchev–Trinajstić information content (AvgIpc) is 3.30. The lowest BCUT2D eigenvalue weighted by molar-refractivity contribution is -0.137. The normalized spacial score (nSPS) is 17.4. The Morgan fingerprint density at radius 2 is 1.94 bits per heavy atom. The number of thioether (sulfide) groups is 1. The Kier molecular flexibility index (Phi) is 6.53. The van der Waals surface area contributed by atoms with Crippen LogP contribution in [0.5, 0.6) is 0 Å². The van der Waals surface area contributed by atoms with E-state index < -0.39 is 17.6 Å². The van der Waals surface area contributed by atoms with E-state index in [1.54, 1.807) is 36.6 Å². The number of alkyl halides is 3. The van der Waals surface area contributed by atoms with E-state index in [-0.39, 0.29) is 11.4 Å². The molecule has 10 heteroatoms. The van der Waals surface area contributed by atoms with Gasteiger partial charge in [-0.25, -0.2) is 0 Å². The largest absolute Gasteiger partial charge is 0.416 e. The van der Waals surface area contributed by atoms with Crippen LogP contribution in [0.4, 0.5) is 13.2 Å². The molecule has 2 aliphatic rings. The third-order valence-corrected chi connectivity index (χ3v) is 6.66. The van der Waals surface area contributed by atoms with Gasteiger partial charge in [-0.3, -0.25) is 10.2 Å². The quantitative estimate of drug-likeness (QED) is 0.383. The van der Waals surface area contributed by atoms with Crippen LogP contribution in [0.25, 0.3) is 11.8 Å². The first-order valence-electron chi connectivity index (χ1n) is 11.0. The molecular formula is C24H24F3N5OS. The van der Waals surface area contributed by atoms with Crippen molar-refractivity contribution in [2.24, 2.45) is 10.1 Å². The van der Waals surface area contributed by atoms with Crippen LogP contribution in [-0.4, -0.2) is 31.5 Å². The summed E-state index contributed by atoms with van der Waals surface area (Å²) in [7, 11) is 0. The first-order valence-corrected chi connectivity index (χ1v) is 11.8. The Morgan fingerprint density at radius 3 is 2.65 bits per heavy atom. The monoisotopic (exact) mass is 487 g/mol. The summed E-state index contributed by atoms with van der Waals surface area (Å²) in [4.78, 5) is 16.8. The number of benzene rings is 1. The molecule has 0 saturated heterocycles. The molecule has 0 radical (unpaired) electrons. The number of carbonyl (C=O) groups is 1. The van der Waals surface area contributed by atoms with Crippen LogP contribution >= 0.6 is 11.8 Å². The van der Waals surface area contributed by atoms with Gasteiger partial charge >= 0.3 is 6.18 Å². The second-order valence-electron chi connectivity index (χ2n) is 8.18. The SMILES string of the molecule is CCCCCC1=NN2C(=N)/C(=C/c3cc(C)n(-c4cccc(C(F)(F)F)c4)c3C)C(=O)N=C2S1. The molecule has 4 rings (SSSR count). The van der Waals surface area contributed by atoms with Gasteiger partial charge in [0.25, 0.3) is 5.91 Å². The molecule has 6 nitrogen and oxygen atoms in total. The third kappa shape index (κ3) is 4.59. The Labute approximate surface area is 199 Å². The van der Waals surface area contributed by atoms with Crippen LogP contribution in [0.1, 0.15) is 55.1 Å². The first-order chi connectivity index (χ1) is 16.1. The number of rotatable bonds is 6. The highest BCUT2D eigenvalue weighted by molar-refractivity contribution is 8.26. The molecule has 3 heterocycles. The summed E-state index contributed by atoms with van der Waals surface area (Å²) in [5.74, 6) is -0.588. The van der Waals surface area contributed by atoms with Gasteiger partial charge in [0, 0.05) is 17.1 Å². The topological polar surface area (TPSA) is 73.8 Å². The lowest BCUT2D eigenvalue weighted by Crippen LogP contribution is -2.35. The minimum atomic E-state index is -4.45. The van der Waals surface area contributed by atoms with Crippen molar-refractivity contribution in [3.8, 4) is 5.69 Å². The summed E-state index contributed by atoms with van der Waals surface area (Å²) >= 11 is 1.31. The fourth-order valence-electron chi connectivity index (χ4n) is 3.97. The van der Waals surface area contributed by atoms with Crippen LogP contribution in [-0.2, 0) is 11.0 Å². The van der Waals surface area contributed by atoms with Gasteiger partial charge in [0.15, 0.2) is 5.84 Å². The number of unbranched alkanes of at least 4 members (excludes halogenated alkanes) is 2. The van der Waals surface area contributed by atoms with Crippen LogP contribution in [0, 0.1) is 19.3 Å². The second kappa shape index (κ2) is 9.25. The molecule has 0 spiro atoms. The number of aromatic nitrogens is 1. The Hall–Kier alpha value is -3.14. The van der Waals surface area contributed by atoms with Gasteiger partial charge in [0.1, 0.15) is 5.04 Å². The Bertz CT molecular complexity index is 1260. The number of amidine groups is 2. The number of nitrogens with zero attached hydrogens (tertiary/aromatic N) is 4. The van der Waals surface area contributed by atoms with Gasteiger partial charge in [-0.15, -0.1) is 0 Å². The molecule has 0 aliphatic carbocycles. The molecule has 0 fully saturated rings. The summed E-state index contributed by atoms with van der Waals surface area (Å²) in [6, 6.07) is 6.88. The maximum absolute atomic E-state index is 13.2. The van der Waals surface area contributed by atoms with Gasteiger partial charge in [-0.1, -0.05) is 25.8 Å². The van der Waals surface area contributed by atoms with Gasteiger partial charge in [0.05, 0.1) is 11.1 Å². The zero-order chi connectivity index (χ0) is 24.6. The number of nitrogens with one attached hydrogen (secondary N) is 1. The van der Waals surface area contributed by atoms with Crippen molar-refractivity contribution >= 4 is 39.8 Å². The van der Waals surface area contributed by atoms with Crippen molar-refractivity contribution in [2.75, 3.05) is 0 Å². The number of hydrogen-bond donors (Lipinski definition) is 1. The van der Waals surface area contributed by atoms with Gasteiger partial charge < -0.3 is 4.57 Å². The highest BCUT2D eigenvalue weighted by Crippen LogP contribution is 2.33. The highest BCUT2D eigenvalue weighted by atomic mass is 32.2. The molecule has 1 aromatic heterocycles. The van der Waals surface area contributed by atoms with Crippen LogP contribution in [0.2, 0.25) is 0 Å². The molecule has 2 aromatic rings. The number of aliphatic imine (C=N–C) groups is 1. The average molecular weight is 488 g/mol. The fourth-order valence-corrected chi connectivity index (χ4v) is 4.89. The predicted octanol–water partition coefficient (Wildman–Crippen LogP) is 6.31. The molecule has 34 heavy (non-hydrogen) atoms. The first kappa shape index (κ1) is 24.0. The molecule has 0 unspecified atom stereocenters. The lowest BCUT2D eigenvalue weighted by atomic mass is 10.1. The van der Waals surface area contributed by atoms with Crippen molar-refractivity contribution in [1.82, 2.24) is 9.58 Å². The number of amides is 1. The van der Waals surface area contributed by atoms with Crippen LogP contribution < -0.4 is 0 Å². The fraction of sp³-hybridized carbons (Fsp3) is 0.333. The zero-order valence-electron chi connectivity index (χ0n) is 19.0. The summed E-state index contributed by atoms with van der Waals surface area (Å²) in [6.07, 6.45) is 1.03. The summed E-state index contributed by atoms with van der Waals surface area (Å²) in [6.45, 7) is 5.66. The molecular weight excluding hydrogens is 463 g/mol. The number of fused-ring (bicyclic) bond motifs is 1. The zero-order valence-corrected chi connectivity index (χ0v) is 19.8. The minimum absolute atomic E-state index is 0.0585. The molecule has 0 saturated carbocycles. The van der Waals surface area contributed by atoms with E-state index >= 15 is 0 Å². The molecule has 1 amide bonds. The molecule has 1 N–H and O–H groups in total. The van der Waals surface area contributed by atoms with E-state index in [0.717, 1.165) is 42.9 Å². The molecule has 178 valence electrons. The van der Waals surface area contributed by atoms with Crippen LogP contribution in [0.3, 0.4) is 0 Å². The number of hydrogen-bond acceptors (Lipinski definition) is 4. The van der Waals surface area contributed by atoms with Gasteiger partial charge in [-0.2, -0.15) is 28.3 Å². The number of aryl methyl sites for hydroxylation is 1. The number of hydrazone groups is 1. The second-order valence-corrected chi connectivity index (χ2v) is 9.22. The predicted molar refractivity (Wildman–Crippen MR) is 129 cm³/mol. The maximum Gasteiger partial charge on any atom is 0.416 e. The van der Waals surface area contributed by atoms with E-state index in [9.17, 15) is 18.0 Å². The van der Waals surface area contributed by atoms with Gasteiger partial charge in [0.2, 0.25) is 5.17 Å². The number of carbonyl (C=O) groups excluding carboxylic acids is 1. The molecule has 2 aliphatic heterocycles. The number of halogens is 3. The van der Waals surface area contributed by atoms with E-state index in [0.29, 0.717) is 27.8 Å². The highest BCUT2D eigenvalue weighted by Gasteiger charge is 2.35. The van der Waals surface area contributed by atoms with E-state index in [1.807, 2.05) is 0 Å². The van der Waals surface area contributed by atoms with E-state index in [2.05, 4.69) is 17.0 Å². The van der Waals surface area contributed by atoms with E-state index in [4.69, 9.17) is 5.41 Å². The van der Waals surface area contributed by atoms with Gasteiger partial charge in [-0.05, 0) is 74.4 Å². The lowest BCUT2D eigenvalue weighted by Gasteiger charge is -2.20. The minimum Gasteiger partial charge on any atom is -0.318 e. The molecule has 0 bridgehead atoms. The van der Waals surface area contributed by atoms with E-state index in [1.165, 1.54) is 22.8 Å².